The summed E-state index contributed by atoms with van der Waals surface area (Å²) in [5.74, 6) is 5.98. The predicted octanol–water partition coefficient (Wildman–Crippen LogP) is 6.15. The van der Waals surface area contributed by atoms with Crippen molar-refractivity contribution in [3.05, 3.63) is 40.9 Å². The molecule has 2 fully saturated rings. The zero-order valence-corrected chi connectivity index (χ0v) is 17.3. The quantitative estimate of drug-likeness (QED) is 0.521. The lowest BCUT2D eigenvalue weighted by Gasteiger charge is -2.13. The van der Waals surface area contributed by atoms with Crippen LogP contribution in [0.3, 0.4) is 0 Å². The van der Waals surface area contributed by atoms with Gasteiger partial charge in [0.05, 0.1) is 5.02 Å². The lowest BCUT2D eigenvalue weighted by molar-refractivity contribution is 0.457. The molecule has 2 aliphatic rings. The van der Waals surface area contributed by atoms with Crippen LogP contribution in [0.1, 0.15) is 64.0 Å². The Hall–Kier alpha value is -1.48. The molecule has 0 spiro atoms. The van der Waals surface area contributed by atoms with Crippen molar-refractivity contribution < 1.29 is 0 Å². The minimum Gasteiger partial charge on any atom is -0.218 e. The van der Waals surface area contributed by atoms with E-state index in [1.54, 1.807) is 0 Å². The fraction of sp³-hybridized carbons (Fsp3) is 0.609. The van der Waals surface area contributed by atoms with E-state index in [0.29, 0.717) is 5.02 Å². The number of aromatic nitrogens is 3. The van der Waals surface area contributed by atoms with E-state index >= 15 is 0 Å². The highest BCUT2D eigenvalue weighted by Gasteiger charge is 2.28. The van der Waals surface area contributed by atoms with Gasteiger partial charge in [0.15, 0.2) is 5.82 Å². The summed E-state index contributed by atoms with van der Waals surface area (Å²) in [6, 6.07) is 7.85. The summed E-state index contributed by atoms with van der Waals surface area (Å²) in [5, 5.41) is 0.707. The second-order valence-electron chi connectivity index (χ2n) is 8.68. The molecule has 4 rings (SSSR count). The predicted molar refractivity (Wildman–Crippen MR) is 111 cm³/mol. The van der Waals surface area contributed by atoms with Gasteiger partial charge < -0.3 is 0 Å². The molecule has 2 aromatic rings. The summed E-state index contributed by atoms with van der Waals surface area (Å²) in [5.41, 5.74) is 0.912. The molecule has 1 heterocycles. The second-order valence-corrected chi connectivity index (χ2v) is 9.09. The van der Waals surface area contributed by atoms with Gasteiger partial charge in [-0.05, 0) is 74.3 Å². The van der Waals surface area contributed by atoms with Crippen molar-refractivity contribution in [3.8, 4) is 11.4 Å². The summed E-state index contributed by atoms with van der Waals surface area (Å²) in [4.78, 5) is 14.4. The number of nitrogens with zero attached hydrogens (tertiary/aromatic N) is 3. The molecule has 2 aliphatic carbocycles. The zero-order chi connectivity index (χ0) is 18.8. The van der Waals surface area contributed by atoms with Gasteiger partial charge >= 0.3 is 0 Å². The van der Waals surface area contributed by atoms with E-state index in [1.807, 2.05) is 24.3 Å². The van der Waals surface area contributed by atoms with E-state index in [0.717, 1.165) is 72.4 Å². The molecule has 2 saturated carbocycles. The molecular formula is C23H30ClN3. The van der Waals surface area contributed by atoms with Crippen molar-refractivity contribution >= 4 is 11.6 Å². The monoisotopic (exact) mass is 383 g/mol. The highest BCUT2D eigenvalue weighted by atomic mass is 35.5. The third kappa shape index (κ3) is 5.07. The standard InChI is InChI=1S/C23H30ClN3/c1-15(17-9-10-17)7-13-21-25-22(14-8-16(2)18-11-12-18)27-23(26-21)19-5-3-4-6-20(19)24/h3-6,15-18H,7-14H2,1-2H3/t15-,16-/m0/s1. The van der Waals surface area contributed by atoms with Gasteiger partial charge in [-0.3, -0.25) is 0 Å². The molecule has 0 aliphatic heterocycles. The molecule has 1 aromatic heterocycles. The van der Waals surface area contributed by atoms with Gasteiger partial charge in [-0.1, -0.05) is 37.6 Å². The maximum absolute atomic E-state index is 6.42. The number of aryl methyl sites for hydroxylation is 2. The van der Waals surface area contributed by atoms with E-state index in [9.17, 15) is 0 Å². The van der Waals surface area contributed by atoms with Crippen molar-refractivity contribution in [2.24, 2.45) is 23.7 Å². The largest absolute Gasteiger partial charge is 0.218 e. The first-order valence-corrected chi connectivity index (χ1v) is 11.0. The molecule has 0 unspecified atom stereocenters. The van der Waals surface area contributed by atoms with Crippen LogP contribution in [-0.2, 0) is 12.8 Å². The molecule has 2 atom stereocenters. The smallest absolute Gasteiger partial charge is 0.164 e. The Morgan fingerprint density at radius 3 is 1.85 bits per heavy atom. The molecule has 3 nitrogen and oxygen atoms in total. The number of rotatable bonds is 9. The fourth-order valence-electron chi connectivity index (χ4n) is 3.97. The summed E-state index contributed by atoms with van der Waals surface area (Å²) >= 11 is 6.42. The first kappa shape index (κ1) is 18.9. The number of benzene rings is 1. The van der Waals surface area contributed by atoms with Crippen molar-refractivity contribution in [1.29, 1.82) is 0 Å². The summed E-state index contributed by atoms with van der Waals surface area (Å²) in [7, 11) is 0. The lowest BCUT2D eigenvalue weighted by Crippen LogP contribution is -2.10. The number of hydrogen-bond donors (Lipinski definition) is 0. The van der Waals surface area contributed by atoms with Gasteiger partial charge in [-0.2, -0.15) is 0 Å². The van der Waals surface area contributed by atoms with E-state index in [2.05, 4.69) is 13.8 Å². The highest BCUT2D eigenvalue weighted by molar-refractivity contribution is 6.33. The maximum atomic E-state index is 6.42. The van der Waals surface area contributed by atoms with Crippen LogP contribution in [0, 0.1) is 23.7 Å². The van der Waals surface area contributed by atoms with Crippen LogP contribution in [0.15, 0.2) is 24.3 Å². The summed E-state index contributed by atoms with van der Waals surface area (Å²) in [6.45, 7) is 4.73. The zero-order valence-electron chi connectivity index (χ0n) is 16.5. The van der Waals surface area contributed by atoms with Crippen LogP contribution in [-0.4, -0.2) is 15.0 Å². The van der Waals surface area contributed by atoms with Crippen molar-refractivity contribution in [2.75, 3.05) is 0 Å². The van der Waals surface area contributed by atoms with Gasteiger partial charge in [0.1, 0.15) is 11.6 Å². The Labute approximate surface area is 168 Å². The van der Waals surface area contributed by atoms with E-state index in [1.165, 1.54) is 25.7 Å². The molecule has 1 aromatic carbocycles. The Morgan fingerprint density at radius 2 is 1.37 bits per heavy atom. The van der Waals surface area contributed by atoms with Gasteiger partial charge in [-0.25, -0.2) is 15.0 Å². The van der Waals surface area contributed by atoms with Crippen LogP contribution in [0.4, 0.5) is 0 Å². The Balaban J connectivity index is 1.53. The number of hydrogen-bond acceptors (Lipinski definition) is 3. The molecule has 4 heteroatoms. The van der Waals surface area contributed by atoms with Crippen molar-refractivity contribution in [1.82, 2.24) is 15.0 Å². The first-order valence-electron chi connectivity index (χ1n) is 10.6. The van der Waals surface area contributed by atoms with Gasteiger partial charge in [0.25, 0.3) is 0 Å². The van der Waals surface area contributed by atoms with E-state index in [4.69, 9.17) is 26.6 Å². The molecule has 27 heavy (non-hydrogen) atoms. The fourth-order valence-corrected chi connectivity index (χ4v) is 4.19. The van der Waals surface area contributed by atoms with Crippen LogP contribution in [0.5, 0.6) is 0 Å². The molecule has 0 N–H and O–H groups in total. The maximum Gasteiger partial charge on any atom is 0.164 e. The molecule has 0 bridgehead atoms. The van der Waals surface area contributed by atoms with Gasteiger partial charge in [-0.15, -0.1) is 0 Å². The van der Waals surface area contributed by atoms with Crippen LogP contribution >= 0.6 is 11.6 Å². The molecule has 0 amide bonds. The van der Waals surface area contributed by atoms with Crippen LogP contribution in [0.2, 0.25) is 5.02 Å². The summed E-state index contributed by atoms with van der Waals surface area (Å²) < 4.78 is 0. The van der Waals surface area contributed by atoms with Crippen LogP contribution < -0.4 is 0 Å². The molecule has 144 valence electrons. The number of halogens is 1. The third-order valence-corrected chi connectivity index (χ3v) is 6.67. The van der Waals surface area contributed by atoms with Crippen molar-refractivity contribution in [3.63, 3.8) is 0 Å². The summed E-state index contributed by atoms with van der Waals surface area (Å²) in [6.07, 6.45) is 9.77. The third-order valence-electron chi connectivity index (χ3n) is 6.34. The van der Waals surface area contributed by atoms with Crippen LogP contribution in [0.25, 0.3) is 11.4 Å². The average molecular weight is 384 g/mol. The van der Waals surface area contributed by atoms with E-state index < -0.39 is 0 Å². The first-order chi connectivity index (χ1) is 13.1. The van der Waals surface area contributed by atoms with Crippen molar-refractivity contribution in [2.45, 2.75) is 65.2 Å². The second kappa shape index (κ2) is 8.26. The van der Waals surface area contributed by atoms with Gasteiger partial charge in [0.2, 0.25) is 0 Å². The topological polar surface area (TPSA) is 38.7 Å². The van der Waals surface area contributed by atoms with Gasteiger partial charge in [0, 0.05) is 18.4 Å². The Bertz CT molecular complexity index is 743. The highest BCUT2D eigenvalue weighted by Crippen LogP contribution is 2.39. The molecule has 0 radical (unpaired) electrons. The minimum atomic E-state index is 0.707. The molecule has 0 saturated heterocycles. The van der Waals surface area contributed by atoms with E-state index in [-0.39, 0.29) is 0 Å². The SMILES string of the molecule is C[C@@H](CCc1nc(CC[C@H](C)C2CC2)nc(-c2ccccc2Cl)n1)C1CC1. The average Bonchev–Trinajstić information content (AvgIpc) is 3.56. The normalized spacial score (nSPS) is 19.1. The Kier molecular flexibility index (Phi) is 5.77. The Morgan fingerprint density at radius 1 is 0.852 bits per heavy atom. The minimum absolute atomic E-state index is 0.707. The lowest BCUT2D eigenvalue weighted by atomic mass is 9.99. The molecular weight excluding hydrogens is 354 g/mol.